The standard InChI is InChI=1S/C27H29N3O2/c28-15-21-8-4-11-23(14-21)26(32)30-17-24-16-29(25(31)22-9-5-10-22)18-27(24,19-30)13-12-20-6-2-1-3-7-20/h1-4,6-8,11,14,22,24H,5,9-10,12-13,16-19H2/t24-,27+/m1/s1. The van der Waals surface area contributed by atoms with Gasteiger partial charge in [-0.2, -0.15) is 5.26 Å². The fourth-order valence-corrected chi connectivity index (χ4v) is 5.72. The highest BCUT2D eigenvalue weighted by Crippen LogP contribution is 2.47. The molecular weight excluding hydrogens is 398 g/mol. The predicted octanol–water partition coefficient (Wildman–Crippen LogP) is 3.89. The largest absolute Gasteiger partial charge is 0.341 e. The molecule has 0 bridgehead atoms. The number of likely N-dealkylation sites (tertiary alicyclic amines) is 2. The average Bonchev–Trinajstić information content (AvgIpc) is 3.31. The zero-order valence-corrected chi connectivity index (χ0v) is 18.4. The van der Waals surface area contributed by atoms with Crippen LogP contribution >= 0.6 is 0 Å². The number of hydrogen-bond donors (Lipinski definition) is 0. The molecule has 5 rings (SSSR count). The van der Waals surface area contributed by atoms with Crippen molar-refractivity contribution in [3.8, 4) is 6.07 Å². The van der Waals surface area contributed by atoms with Crippen molar-refractivity contribution in [3.63, 3.8) is 0 Å². The lowest BCUT2D eigenvalue weighted by molar-refractivity contribution is -0.137. The maximum atomic E-state index is 13.3. The van der Waals surface area contributed by atoms with Crippen molar-refractivity contribution in [1.82, 2.24) is 9.80 Å². The van der Waals surface area contributed by atoms with Crippen molar-refractivity contribution in [3.05, 3.63) is 71.3 Å². The first kappa shape index (κ1) is 20.8. The Morgan fingerprint density at radius 2 is 1.75 bits per heavy atom. The van der Waals surface area contributed by atoms with E-state index in [1.807, 2.05) is 11.0 Å². The zero-order chi connectivity index (χ0) is 22.1. The SMILES string of the molecule is N#Cc1cccc(C(=O)N2C[C@H]3CN(C(=O)C4CCC4)C[C@@]3(CCc3ccccc3)C2)c1. The third kappa shape index (κ3) is 3.79. The summed E-state index contributed by atoms with van der Waals surface area (Å²) >= 11 is 0. The van der Waals surface area contributed by atoms with Gasteiger partial charge in [-0.15, -0.1) is 0 Å². The number of amides is 2. The van der Waals surface area contributed by atoms with Gasteiger partial charge in [0.15, 0.2) is 0 Å². The van der Waals surface area contributed by atoms with Crippen LogP contribution in [0.5, 0.6) is 0 Å². The van der Waals surface area contributed by atoms with Crippen LogP contribution in [0, 0.1) is 28.6 Å². The van der Waals surface area contributed by atoms with Crippen molar-refractivity contribution < 1.29 is 9.59 Å². The summed E-state index contributed by atoms with van der Waals surface area (Å²) in [6, 6.07) is 19.6. The monoisotopic (exact) mass is 427 g/mol. The second kappa shape index (κ2) is 8.43. The Morgan fingerprint density at radius 1 is 1.00 bits per heavy atom. The van der Waals surface area contributed by atoms with Gasteiger partial charge < -0.3 is 9.80 Å². The molecule has 5 heteroatoms. The molecule has 2 saturated heterocycles. The molecule has 2 atom stereocenters. The number of hydrogen-bond acceptors (Lipinski definition) is 3. The second-order valence-corrected chi connectivity index (χ2v) is 9.77. The summed E-state index contributed by atoms with van der Waals surface area (Å²) in [6.07, 6.45) is 5.14. The van der Waals surface area contributed by atoms with E-state index in [4.69, 9.17) is 0 Å². The van der Waals surface area contributed by atoms with Gasteiger partial charge >= 0.3 is 0 Å². The maximum absolute atomic E-state index is 13.3. The zero-order valence-electron chi connectivity index (χ0n) is 18.4. The number of carbonyl (C=O) groups excluding carboxylic acids is 2. The summed E-state index contributed by atoms with van der Waals surface area (Å²) in [4.78, 5) is 30.3. The molecule has 1 saturated carbocycles. The van der Waals surface area contributed by atoms with Crippen molar-refractivity contribution in [2.45, 2.75) is 32.1 Å². The summed E-state index contributed by atoms with van der Waals surface area (Å²) in [5.41, 5.74) is 2.32. The molecule has 3 aliphatic rings. The molecule has 0 aromatic heterocycles. The van der Waals surface area contributed by atoms with Crippen molar-refractivity contribution in [2.24, 2.45) is 17.3 Å². The van der Waals surface area contributed by atoms with E-state index in [1.54, 1.807) is 24.3 Å². The van der Waals surface area contributed by atoms with Gasteiger partial charge in [-0.25, -0.2) is 0 Å². The Kier molecular flexibility index (Phi) is 5.46. The van der Waals surface area contributed by atoms with Crippen LogP contribution in [-0.4, -0.2) is 47.8 Å². The first-order chi connectivity index (χ1) is 15.6. The van der Waals surface area contributed by atoms with E-state index in [0.717, 1.165) is 45.2 Å². The van der Waals surface area contributed by atoms with Crippen molar-refractivity contribution >= 4 is 11.8 Å². The molecule has 2 aromatic rings. The van der Waals surface area contributed by atoms with Gasteiger partial charge in [-0.1, -0.05) is 42.8 Å². The average molecular weight is 428 g/mol. The number of rotatable bonds is 5. The molecule has 1 aliphatic carbocycles. The molecule has 3 fully saturated rings. The van der Waals surface area contributed by atoms with Gasteiger partial charge in [-0.05, 0) is 49.4 Å². The molecule has 164 valence electrons. The molecule has 0 radical (unpaired) electrons. The minimum Gasteiger partial charge on any atom is -0.341 e. The minimum absolute atomic E-state index is 0.00699. The van der Waals surface area contributed by atoms with E-state index >= 15 is 0 Å². The minimum atomic E-state index is -0.0578. The number of nitrogens with zero attached hydrogens (tertiary/aromatic N) is 3. The van der Waals surface area contributed by atoms with Gasteiger partial charge in [0, 0.05) is 49.0 Å². The predicted molar refractivity (Wildman–Crippen MR) is 122 cm³/mol. The molecule has 2 aliphatic heterocycles. The molecule has 2 heterocycles. The van der Waals surface area contributed by atoms with Crippen LogP contribution in [0.25, 0.3) is 0 Å². The Balaban J connectivity index is 1.35. The molecule has 2 aromatic carbocycles. The van der Waals surface area contributed by atoms with E-state index < -0.39 is 0 Å². The normalized spacial score (nSPS) is 24.7. The fourth-order valence-electron chi connectivity index (χ4n) is 5.72. The fraction of sp³-hybridized carbons (Fsp3) is 0.444. The summed E-state index contributed by atoms with van der Waals surface area (Å²) in [7, 11) is 0. The third-order valence-corrected chi connectivity index (χ3v) is 7.81. The molecule has 5 nitrogen and oxygen atoms in total. The van der Waals surface area contributed by atoms with E-state index in [2.05, 4.69) is 35.2 Å². The summed E-state index contributed by atoms with van der Waals surface area (Å²) in [5, 5.41) is 9.20. The number of carbonyl (C=O) groups is 2. The van der Waals surface area contributed by atoms with Crippen LogP contribution in [0.3, 0.4) is 0 Å². The highest BCUT2D eigenvalue weighted by Gasteiger charge is 2.54. The molecule has 0 spiro atoms. The van der Waals surface area contributed by atoms with Crippen LogP contribution in [0.15, 0.2) is 54.6 Å². The second-order valence-electron chi connectivity index (χ2n) is 9.77. The third-order valence-electron chi connectivity index (χ3n) is 7.81. The lowest BCUT2D eigenvalue weighted by Gasteiger charge is -2.32. The summed E-state index contributed by atoms with van der Waals surface area (Å²) in [6.45, 7) is 2.86. The summed E-state index contributed by atoms with van der Waals surface area (Å²) < 4.78 is 0. The Morgan fingerprint density at radius 3 is 2.47 bits per heavy atom. The summed E-state index contributed by atoms with van der Waals surface area (Å²) in [5.74, 6) is 0.835. The number of nitriles is 1. The molecule has 0 N–H and O–H groups in total. The quantitative estimate of drug-likeness (QED) is 0.727. The van der Waals surface area contributed by atoms with E-state index in [1.165, 1.54) is 5.56 Å². The van der Waals surface area contributed by atoms with Crippen LogP contribution in [0.4, 0.5) is 0 Å². The number of aryl methyl sites for hydroxylation is 1. The number of fused-ring (bicyclic) bond motifs is 1. The smallest absolute Gasteiger partial charge is 0.253 e. The highest BCUT2D eigenvalue weighted by atomic mass is 16.2. The number of benzene rings is 2. The van der Waals surface area contributed by atoms with Crippen LogP contribution < -0.4 is 0 Å². The molecule has 0 unspecified atom stereocenters. The molecular formula is C27H29N3O2. The Bertz CT molecular complexity index is 1060. The van der Waals surface area contributed by atoms with Crippen molar-refractivity contribution in [1.29, 1.82) is 5.26 Å². The Hall–Kier alpha value is -3.13. The highest BCUT2D eigenvalue weighted by molar-refractivity contribution is 5.95. The molecule has 2 amide bonds. The van der Waals surface area contributed by atoms with E-state index in [9.17, 15) is 14.9 Å². The van der Waals surface area contributed by atoms with Gasteiger partial charge in [-0.3, -0.25) is 9.59 Å². The first-order valence-electron chi connectivity index (χ1n) is 11.7. The molecule has 32 heavy (non-hydrogen) atoms. The van der Waals surface area contributed by atoms with Crippen LogP contribution in [0.2, 0.25) is 0 Å². The topological polar surface area (TPSA) is 64.4 Å². The maximum Gasteiger partial charge on any atom is 0.253 e. The van der Waals surface area contributed by atoms with Gasteiger partial charge in [0.1, 0.15) is 0 Å². The first-order valence-corrected chi connectivity index (χ1v) is 11.7. The lowest BCUT2D eigenvalue weighted by atomic mass is 9.76. The van der Waals surface area contributed by atoms with E-state index in [-0.39, 0.29) is 17.2 Å². The van der Waals surface area contributed by atoms with Crippen molar-refractivity contribution in [2.75, 3.05) is 26.2 Å². The van der Waals surface area contributed by atoms with E-state index in [0.29, 0.717) is 36.0 Å². The van der Waals surface area contributed by atoms with Gasteiger partial charge in [0.25, 0.3) is 5.91 Å². The van der Waals surface area contributed by atoms with Crippen LogP contribution in [0.1, 0.15) is 47.2 Å². The van der Waals surface area contributed by atoms with Gasteiger partial charge in [0.2, 0.25) is 5.91 Å². The Labute approximate surface area is 189 Å². The lowest BCUT2D eigenvalue weighted by Crippen LogP contribution is -2.42. The van der Waals surface area contributed by atoms with Gasteiger partial charge in [0.05, 0.1) is 11.6 Å². The van der Waals surface area contributed by atoms with Crippen LogP contribution in [-0.2, 0) is 11.2 Å².